The summed E-state index contributed by atoms with van der Waals surface area (Å²) in [6.07, 6.45) is 0.339. The van der Waals surface area contributed by atoms with E-state index in [-0.39, 0.29) is 11.3 Å². The fraction of sp³-hybridized carbons (Fsp3) is 0.357. The summed E-state index contributed by atoms with van der Waals surface area (Å²) < 4.78 is 4.57. The second-order valence-corrected chi connectivity index (χ2v) is 5.04. The van der Waals surface area contributed by atoms with Crippen molar-refractivity contribution in [3.63, 3.8) is 0 Å². The first kappa shape index (κ1) is 16.6. The maximum absolute atomic E-state index is 11.7. The number of piperazine rings is 1. The van der Waals surface area contributed by atoms with Crippen molar-refractivity contribution in [3.8, 4) is 0 Å². The Kier molecular flexibility index (Phi) is 5.36. The lowest BCUT2D eigenvalue weighted by molar-refractivity contribution is -0.384. The molecule has 0 spiro atoms. The monoisotopic (exact) mass is 320 g/mol. The van der Waals surface area contributed by atoms with Crippen LogP contribution in [0.25, 0.3) is 0 Å². The average Bonchev–Trinajstić information content (AvgIpc) is 2.54. The Labute approximate surface area is 132 Å². The van der Waals surface area contributed by atoms with Crippen LogP contribution in [0.4, 0.5) is 10.5 Å². The molecule has 1 aromatic carbocycles. The second kappa shape index (κ2) is 7.45. The van der Waals surface area contributed by atoms with Gasteiger partial charge in [0, 0.05) is 38.3 Å². The highest BCUT2D eigenvalue weighted by molar-refractivity contribution is 5.97. The second-order valence-electron chi connectivity index (χ2n) is 5.04. The number of nitro benzene ring substituents is 1. The van der Waals surface area contributed by atoms with Gasteiger partial charge in [-0.3, -0.25) is 10.1 Å². The van der Waals surface area contributed by atoms with Crippen LogP contribution in [0, 0.1) is 10.1 Å². The Morgan fingerprint density at radius 2 is 1.83 bits per heavy atom. The normalized spacial score (nSPS) is 15.6. The van der Waals surface area contributed by atoms with Gasteiger partial charge in [-0.05, 0) is 19.2 Å². The molecule has 1 saturated heterocycles. The van der Waals surface area contributed by atoms with Gasteiger partial charge in [-0.25, -0.2) is 9.59 Å². The molecule has 9 nitrogen and oxygen atoms in total. The summed E-state index contributed by atoms with van der Waals surface area (Å²) >= 11 is 0. The van der Waals surface area contributed by atoms with Crippen LogP contribution in [0.3, 0.4) is 0 Å². The number of non-ortho nitro benzene ring substituents is 1. The number of amides is 1. The number of benzene rings is 1. The van der Waals surface area contributed by atoms with Crippen molar-refractivity contribution in [2.45, 2.75) is 0 Å². The largest absolute Gasteiger partial charge is 0.442 e. The van der Waals surface area contributed by atoms with Gasteiger partial charge < -0.3 is 14.5 Å². The van der Waals surface area contributed by atoms with Crippen molar-refractivity contribution in [1.82, 2.24) is 9.80 Å². The van der Waals surface area contributed by atoms with Crippen molar-refractivity contribution >= 4 is 24.1 Å². The molecule has 0 aromatic heterocycles. The first-order valence-corrected chi connectivity index (χ1v) is 6.93. The molecule has 0 N–H and O–H groups in total. The minimum Gasteiger partial charge on any atom is -0.371 e. The van der Waals surface area contributed by atoms with E-state index >= 15 is 0 Å². The average molecular weight is 320 g/mol. The molecule has 2 rings (SSSR count). The predicted molar refractivity (Wildman–Crippen MR) is 81.5 cm³/mol. The van der Waals surface area contributed by atoms with E-state index < -0.39 is 17.0 Å². The summed E-state index contributed by atoms with van der Waals surface area (Å²) in [6, 6.07) is 4.76. The van der Waals surface area contributed by atoms with E-state index in [1.165, 1.54) is 18.5 Å². The predicted octanol–water partition coefficient (Wildman–Crippen LogP) is 1.15. The minimum atomic E-state index is -1.02. The van der Waals surface area contributed by atoms with Crippen molar-refractivity contribution in [2.75, 3.05) is 33.2 Å². The lowest BCUT2D eigenvalue weighted by Gasteiger charge is -2.30. The molecule has 23 heavy (non-hydrogen) atoms. The van der Waals surface area contributed by atoms with Gasteiger partial charge >= 0.3 is 12.1 Å². The van der Waals surface area contributed by atoms with Gasteiger partial charge in [0.05, 0.1) is 16.8 Å². The number of nitro groups is 1. The fourth-order valence-electron chi connectivity index (χ4n) is 1.95. The van der Waals surface area contributed by atoms with Crippen LogP contribution in [0.5, 0.6) is 0 Å². The van der Waals surface area contributed by atoms with Crippen LogP contribution in [0.15, 0.2) is 29.3 Å². The van der Waals surface area contributed by atoms with Crippen molar-refractivity contribution in [2.24, 2.45) is 4.99 Å². The summed E-state index contributed by atoms with van der Waals surface area (Å²) in [6.45, 7) is 3.21. The summed E-state index contributed by atoms with van der Waals surface area (Å²) in [5.74, 6) is -0.902. The van der Waals surface area contributed by atoms with E-state index in [4.69, 9.17) is 0 Å². The molecule has 122 valence electrons. The van der Waals surface area contributed by atoms with Crippen LogP contribution >= 0.6 is 0 Å². The summed E-state index contributed by atoms with van der Waals surface area (Å²) in [5, 5.41) is 10.5. The molecule has 1 amide bonds. The van der Waals surface area contributed by atoms with E-state index in [2.05, 4.69) is 14.6 Å². The quantitative estimate of drug-likeness (QED) is 0.205. The van der Waals surface area contributed by atoms with E-state index in [0.717, 1.165) is 38.3 Å². The number of carbonyl (C=O) groups is 2. The molecular weight excluding hydrogens is 304 g/mol. The molecule has 1 fully saturated rings. The maximum Gasteiger partial charge on any atom is 0.442 e. The summed E-state index contributed by atoms with van der Waals surface area (Å²) in [5.41, 5.74) is -0.111. The van der Waals surface area contributed by atoms with Gasteiger partial charge in [-0.15, -0.1) is 0 Å². The smallest absolute Gasteiger partial charge is 0.371 e. The number of hydrogen-bond acceptors (Lipinski definition) is 6. The van der Waals surface area contributed by atoms with Gasteiger partial charge in [0.1, 0.15) is 0 Å². The first-order chi connectivity index (χ1) is 11.0. The SMILES string of the molecule is CN1CCN(C=NC(=O)OC(=O)c2ccc([N+](=O)[O-])cc2)CC1. The number of aliphatic imine (C=N–C) groups is 1. The molecule has 1 aliphatic heterocycles. The number of ether oxygens (including phenoxy) is 1. The van der Waals surface area contributed by atoms with Crippen molar-refractivity contribution in [3.05, 3.63) is 39.9 Å². The van der Waals surface area contributed by atoms with E-state index in [1.807, 2.05) is 11.9 Å². The minimum absolute atomic E-state index is 0.0405. The van der Waals surface area contributed by atoms with Crippen LogP contribution < -0.4 is 0 Å². The molecule has 0 radical (unpaired) electrons. The van der Waals surface area contributed by atoms with Crippen LogP contribution in [-0.4, -0.2) is 66.4 Å². The van der Waals surface area contributed by atoms with Crippen LogP contribution in [0.1, 0.15) is 10.4 Å². The molecule has 1 aromatic rings. The molecular formula is C14H16N4O5. The fourth-order valence-corrected chi connectivity index (χ4v) is 1.95. The van der Waals surface area contributed by atoms with E-state index in [9.17, 15) is 19.7 Å². The first-order valence-electron chi connectivity index (χ1n) is 6.93. The van der Waals surface area contributed by atoms with Gasteiger partial charge in [0.25, 0.3) is 5.69 Å². The number of nitrogens with zero attached hydrogens (tertiary/aromatic N) is 4. The third-order valence-corrected chi connectivity index (χ3v) is 3.36. The van der Waals surface area contributed by atoms with Crippen LogP contribution in [0.2, 0.25) is 0 Å². The maximum atomic E-state index is 11.7. The van der Waals surface area contributed by atoms with Crippen molar-refractivity contribution in [1.29, 1.82) is 0 Å². The topological polar surface area (TPSA) is 105 Å². The Balaban J connectivity index is 1.86. The lowest BCUT2D eigenvalue weighted by atomic mass is 10.2. The Bertz CT molecular complexity index is 621. The van der Waals surface area contributed by atoms with Crippen LogP contribution in [-0.2, 0) is 4.74 Å². The highest BCUT2D eigenvalue weighted by atomic mass is 16.6. The standard InChI is InChI=1S/C14H16N4O5/c1-16-6-8-17(9-7-16)10-15-14(20)23-13(19)11-2-4-12(5-3-11)18(21)22/h2-5,10H,6-9H2,1H3. The van der Waals surface area contributed by atoms with Gasteiger partial charge in [0.2, 0.25) is 0 Å². The third kappa shape index (κ3) is 4.85. The number of carbonyl (C=O) groups excluding carboxylic acids is 2. The summed E-state index contributed by atoms with van der Waals surface area (Å²) in [4.78, 5) is 40.8. The highest BCUT2D eigenvalue weighted by Gasteiger charge is 2.15. The molecule has 0 bridgehead atoms. The molecule has 0 saturated carbocycles. The van der Waals surface area contributed by atoms with Crippen molar-refractivity contribution < 1.29 is 19.2 Å². The Hall–Kier alpha value is -2.81. The molecule has 9 heteroatoms. The number of hydrogen-bond donors (Lipinski definition) is 0. The van der Waals surface area contributed by atoms with E-state index in [0.29, 0.717) is 0 Å². The lowest BCUT2D eigenvalue weighted by Crippen LogP contribution is -2.43. The molecule has 0 unspecified atom stereocenters. The number of rotatable bonds is 3. The molecule has 0 aliphatic carbocycles. The molecule has 1 aliphatic rings. The van der Waals surface area contributed by atoms with E-state index in [1.54, 1.807) is 0 Å². The Morgan fingerprint density at radius 1 is 1.22 bits per heavy atom. The van der Waals surface area contributed by atoms with Gasteiger partial charge in [0.15, 0.2) is 0 Å². The molecule has 1 heterocycles. The Morgan fingerprint density at radius 3 is 2.39 bits per heavy atom. The zero-order valence-corrected chi connectivity index (χ0v) is 12.5. The third-order valence-electron chi connectivity index (χ3n) is 3.36. The number of esters is 1. The van der Waals surface area contributed by atoms with Gasteiger partial charge in [-0.2, -0.15) is 4.99 Å². The molecule has 0 atom stereocenters. The summed E-state index contributed by atoms with van der Waals surface area (Å²) in [7, 11) is 2.01. The van der Waals surface area contributed by atoms with Gasteiger partial charge in [-0.1, -0.05) is 0 Å². The zero-order valence-electron chi connectivity index (χ0n) is 12.5. The number of likely N-dealkylation sites (N-methyl/N-ethyl adjacent to an activating group) is 1. The highest BCUT2D eigenvalue weighted by Crippen LogP contribution is 2.12. The zero-order chi connectivity index (χ0) is 16.8.